The van der Waals surface area contributed by atoms with E-state index in [4.69, 9.17) is 9.15 Å². The second-order valence-corrected chi connectivity index (χ2v) is 7.84. The summed E-state index contributed by atoms with van der Waals surface area (Å²) in [6.45, 7) is 1.28. The first kappa shape index (κ1) is 20.8. The SMILES string of the molecule is COC(=O)c1ccc(C2c3c(oc4ccccc4c3=O)C(=O)N2CCCN(C)C)cc1. The van der Waals surface area contributed by atoms with Crippen molar-refractivity contribution in [2.45, 2.75) is 12.5 Å². The number of hydrogen-bond donors (Lipinski definition) is 0. The number of nitrogens with zero attached hydrogens (tertiary/aromatic N) is 2. The van der Waals surface area contributed by atoms with Gasteiger partial charge in [0.1, 0.15) is 5.58 Å². The smallest absolute Gasteiger partial charge is 0.337 e. The fraction of sp³-hybridized carbons (Fsp3) is 0.292. The molecule has 1 aromatic heterocycles. The van der Waals surface area contributed by atoms with Gasteiger partial charge in [-0.3, -0.25) is 9.59 Å². The van der Waals surface area contributed by atoms with Gasteiger partial charge in [0.2, 0.25) is 5.76 Å². The maximum Gasteiger partial charge on any atom is 0.337 e. The number of rotatable bonds is 6. The Hall–Kier alpha value is -3.45. The number of amides is 1. The minimum Gasteiger partial charge on any atom is -0.465 e. The van der Waals surface area contributed by atoms with E-state index in [9.17, 15) is 14.4 Å². The monoisotopic (exact) mass is 420 g/mol. The van der Waals surface area contributed by atoms with Crippen LogP contribution in [0.1, 0.15) is 44.5 Å². The summed E-state index contributed by atoms with van der Waals surface area (Å²) in [5, 5.41) is 0.445. The standard InChI is InChI=1S/C24H24N2O5/c1-25(2)13-6-14-26-20(15-9-11-16(12-10-15)24(29)30-3)19-21(27)17-7-4-5-8-18(17)31-22(19)23(26)28/h4-5,7-12,20H,6,13-14H2,1-3H3. The minimum atomic E-state index is -0.572. The van der Waals surface area contributed by atoms with Crippen LogP contribution in [0.3, 0.4) is 0 Å². The van der Waals surface area contributed by atoms with E-state index in [0.717, 1.165) is 18.5 Å². The highest BCUT2D eigenvalue weighted by Gasteiger charge is 2.42. The van der Waals surface area contributed by atoms with Gasteiger partial charge in [-0.25, -0.2) is 4.79 Å². The van der Waals surface area contributed by atoms with Crippen LogP contribution in [0.5, 0.6) is 0 Å². The van der Waals surface area contributed by atoms with Crippen LogP contribution in [0.25, 0.3) is 11.0 Å². The van der Waals surface area contributed by atoms with Gasteiger partial charge in [0, 0.05) is 6.54 Å². The molecule has 0 radical (unpaired) electrons. The van der Waals surface area contributed by atoms with Crippen molar-refractivity contribution in [3.8, 4) is 0 Å². The Morgan fingerprint density at radius 2 is 1.81 bits per heavy atom. The molecule has 2 aromatic carbocycles. The summed E-state index contributed by atoms with van der Waals surface area (Å²) in [7, 11) is 5.27. The quantitative estimate of drug-likeness (QED) is 0.570. The topological polar surface area (TPSA) is 80.1 Å². The number of hydrogen-bond acceptors (Lipinski definition) is 6. The average molecular weight is 420 g/mol. The molecule has 1 atom stereocenters. The third-order valence-electron chi connectivity index (χ3n) is 5.53. The lowest BCUT2D eigenvalue weighted by molar-refractivity contribution is 0.0600. The zero-order chi connectivity index (χ0) is 22.1. The van der Waals surface area contributed by atoms with E-state index in [1.54, 1.807) is 53.4 Å². The molecule has 1 amide bonds. The van der Waals surface area contributed by atoms with E-state index < -0.39 is 12.0 Å². The normalized spacial score (nSPS) is 15.5. The highest BCUT2D eigenvalue weighted by atomic mass is 16.5. The molecule has 1 aliphatic rings. The first-order chi connectivity index (χ1) is 14.9. The summed E-state index contributed by atoms with van der Waals surface area (Å²) in [4.78, 5) is 42.2. The van der Waals surface area contributed by atoms with Gasteiger partial charge >= 0.3 is 5.97 Å². The Bertz CT molecular complexity index is 1200. The Kier molecular flexibility index (Phi) is 5.61. The molecule has 0 saturated carbocycles. The Morgan fingerprint density at radius 3 is 2.48 bits per heavy atom. The summed E-state index contributed by atoms with van der Waals surface area (Å²) >= 11 is 0. The molecule has 1 aliphatic heterocycles. The molecular formula is C24H24N2O5. The van der Waals surface area contributed by atoms with Crippen molar-refractivity contribution in [2.75, 3.05) is 34.3 Å². The van der Waals surface area contributed by atoms with Crippen molar-refractivity contribution in [2.24, 2.45) is 0 Å². The molecule has 0 aliphatic carbocycles. The minimum absolute atomic E-state index is 0.0931. The second-order valence-electron chi connectivity index (χ2n) is 7.84. The Labute approximate surface area is 179 Å². The van der Waals surface area contributed by atoms with Gasteiger partial charge < -0.3 is 19.0 Å². The molecule has 0 saturated heterocycles. The molecule has 0 bridgehead atoms. The molecule has 160 valence electrons. The Balaban J connectivity index is 1.83. The lowest BCUT2D eigenvalue weighted by Gasteiger charge is -2.25. The van der Waals surface area contributed by atoms with Crippen molar-refractivity contribution >= 4 is 22.8 Å². The van der Waals surface area contributed by atoms with Gasteiger partial charge in [-0.2, -0.15) is 0 Å². The van der Waals surface area contributed by atoms with Crippen LogP contribution in [-0.2, 0) is 4.74 Å². The molecule has 2 heterocycles. The number of carbonyl (C=O) groups excluding carboxylic acids is 2. The second kappa shape index (κ2) is 8.35. The zero-order valence-corrected chi connectivity index (χ0v) is 17.8. The molecule has 31 heavy (non-hydrogen) atoms. The van der Waals surface area contributed by atoms with Crippen molar-refractivity contribution < 1.29 is 18.7 Å². The molecule has 7 nitrogen and oxygen atoms in total. The van der Waals surface area contributed by atoms with Crippen LogP contribution >= 0.6 is 0 Å². The molecule has 0 spiro atoms. The van der Waals surface area contributed by atoms with E-state index in [0.29, 0.717) is 28.6 Å². The molecule has 0 fully saturated rings. The van der Waals surface area contributed by atoms with Crippen molar-refractivity contribution in [3.05, 3.63) is 81.2 Å². The fourth-order valence-electron chi connectivity index (χ4n) is 4.02. The van der Waals surface area contributed by atoms with Gasteiger partial charge in [-0.05, 0) is 56.9 Å². The molecule has 3 aromatic rings. The lowest BCUT2D eigenvalue weighted by atomic mass is 9.97. The summed E-state index contributed by atoms with van der Waals surface area (Å²) in [6.07, 6.45) is 0.747. The highest BCUT2D eigenvalue weighted by Crippen LogP contribution is 2.38. The number of para-hydroxylation sites is 1. The number of benzene rings is 2. The number of methoxy groups -OCH3 is 1. The maximum absolute atomic E-state index is 13.4. The largest absolute Gasteiger partial charge is 0.465 e. The van der Waals surface area contributed by atoms with E-state index >= 15 is 0 Å². The van der Waals surface area contributed by atoms with E-state index in [-0.39, 0.29) is 17.1 Å². The van der Waals surface area contributed by atoms with Gasteiger partial charge in [0.05, 0.1) is 29.7 Å². The van der Waals surface area contributed by atoms with Crippen LogP contribution in [0.2, 0.25) is 0 Å². The molecule has 4 rings (SSSR count). The molecule has 7 heteroatoms. The van der Waals surface area contributed by atoms with Gasteiger partial charge in [0.25, 0.3) is 5.91 Å². The first-order valence-electron chi connectivity index (χ1n) is 10.1. The van der Waals surface area contributed by atoms with Crippen LogP contribution in [0, 0.1) is 0 Å². The summed E-state index contributed by atoms with van der Waals surface area (Å²) in [5.41, 5.74) is 1.68. The zero-order valence-electron chi connectivity index (χ0n) is 17.8. The van der Waals surface area contributed by atoms with Crippen LogP contribution in [-0.4, -0.2) is 56.0 Å². The van der Waals surface area contributed by atoms with Crippen molar-refractivity contribution in [1.29, 1.82) is 0 Å². The number of carbonyl (C=O) groups is 2. The molecule has 1 unspecified atom stereocenters. The van der Waals surface area contributed by atoms with Gasteiger partial charge in [-0.15, -0.1) is 0 Å². The van der Waals surface area contributed by atoms with Gasteiger partial charge in [0.15, 0.2) is 5.43 Å². The van der Waals surface area contributed by atoms with Gasteiger partial charge in [-0.1, -0.05) is 24.3 Å². The molecule has 0 N–H and O–H groups in total. The number of fused-ring (bicyclic) bond motifs is 2. The third kappa shape index (κ3) is 3.72. The highest BCUT2D eigenvalue weighted by molar-refractivity contribution is 5.99. The fourth-order valence-corrected chi connectivity index (χ4v) is 4.02. The first-order valence-corrected chi connectivity index (χ1v) is 10.1. The summed E-state index contributed by atoms with van der Waals surface area (Å²) in [5.74, 6) is -0.642. The third-order valence-corrected chi connectivity index (χ3v) is 5.53. The van der Waals surface area contributed by atoms with Crippen LogP contribution in [0.4, 0.5) is 0 Å². The number of ether oxygens (including phenoxy) is 1. The Morgan fingerprint density at radius 1 is 1.10 bits per heavy atom. The van der Waals surface area contributed by atoms with E-state index in [1.165, 1.54) is 7.11 Å². The van der Waals surface area contributed by atoms with E-state index in [2.05, 4.69) is 0 Å². The predicted octanol–water partition coefficient (Wildman–Crippen LogP) is 3.08. The maximum atomic E-state index is 13.4. The average Bonchev–Trinajstić information content (AvgIpc) is 3.05. The summed E-state index contributed by atoms with van der Waals surface area (Å²) < 4.78 is 10.7. The van der Waals surface area contributed by atoms with Crippen molar-refractivity contribution in [1.82, 2.24) is 9.80 Å². The number of esters is 1. The molecular weight excluding hydrogens is 396 g/mol. The van der Waals surface area contributed by atoms with E-state index in [1.807, 2.05) is 19.0 Å². The predicted molar refractivity (Wildman–Crippen MR) is 116 cm³/mol. The van der Waals surface area contributed by atoms with Crippen LogP contribution in [0.15, 0.2) is 57.7 Å². The van der Waals surface area contributed by atoms with Crippen LogP contribution < -0.4 is 5.43 Å². The summed E-state index contributed by atoms with van der Waals surface area (Å²) in [6, 6.07) is 13.2. The van der Waals surface area contributed by atoms with Crippen molar-refractivity contribution in [3.63, 3.8) is 0 Å². The lowest BCUT2D eigenvalue weighted by Crippen LogP contribution is -2.32.